The zero-order chi connectivity index (χ0) is 12.5. The molecule has 88 valence electrons. The van der Waals surface area contributed by atoms with Crippen molar-refractivity contribution in [3.63, 3.8) is 0 Å². The molecule has 0 aliphatic carbocycles. The van der Waals surface area contributed by atoms with Crippen molar-refractivity contribution >= 4 is 27.4 Å². The van der Waals surface area contributed by atoms with Gasteiger partial charge in [0.15, 0.2) is 0 Å². The number of carbonyl (C=O) groups is 1. The van der Waals surface area contributed by atoms with E-state index in [0.717, 1.165) is 10.4 Å². The first-order chi connectivity index (χ1) is 8.74. The highest BCUT2D eigenvalue weighted by Gasteiger charge is 2.08. The van der Waals surface area contributed by atoms with E-state index in [2.05, 4.69) is 17.1 Å². The number of aromatic carboxylic acids is 1. The van der Waals surface area contributed by atoms with E-state index in [1.54, 1.807) is 23.6 Å². The molecule has 3 nitrogen and oxygen atoms in total. The average molecular weight is 255 g/mol. The molecule has 0 spiro atoms. The molecule has 0 aliphatic rings. The third-order valence-electron chi connectivity index (χ3n) is 2.70. The summed E-state index contributed by atoms with van der Waals surface area (Å²) in [6.45, 7) is 0. The first-order valence-electron chi connectivity index (χ1n) is 5.41. The lowest BCUT2D eigenvalue weighted by Crippen LogP contribution is -1.96. The van der Waals surface area contributed by atoms with Gasteiger partial charge in [-0.3, -0.25) is 4.98 Å². The minimum Gasteiger partial charge on any atom is -0.478 e. The minimum atomic E-state index is -0.953. The Morgan fingerprint density at radius 3 is 2.78 bits per heavy atom. The first kappa shape index (κ1) is 10.9. The van der Waals surface area contributed by atoms with E-state index < -0.39 is 5.97 Å². The minimum absolute atomic E-state index is 0.213. The van der Waals surface area contributed by atoms with Crippen LogP contribution in [0.1, 0.15) is 10.4 Å². The van der Waals surface area contributed by atoms with Gasteiger partial charge in [-0.1, -0.05) is 18.2 Å². The number of benzene rings is 1. The summed E-state index contributed by atoms with van der Waals surface area (Å²) < 4.78 is 1.19. The van der Waals surface area contributed by atoms with E-state index in [4.69, 9.17) is 5.11 Å². The van der Waals surface area contributed by atoms with Gasteiger partial charge in [0.2, 0.25) is 0 Å². The number of hydrogen-bond acceptors (Lipinski definition) is 3. The lowest BCUT2D eigenvalue weighted by atomic mass is 10.1. The Labute approximate surface area is 107 Å². The molecule has 3 rings (SSSR count). The molecule has 0 fully saturated rings. The van der Waals surface area contributed by atoms with Crippen LogP contribution in [-0.4, -0.2) is 16.1 Å². The second-order valence-electron chi connectivity index (χ2n) is 3.92. The van der Waals surface area contributed by atoms with Crippen LogP contribution in [0.15, 0.2) is 48.8 Å². The fourth-order valence-electron chi connectivity index (χ4n) is 1.82. The van der Waals surface area contributed by atoms with Crippen molar-refractivity contribution in [2.45, 2.75) is 0 Å². The van der Waals surface area contributed by atoms with Crippen LogP contribution in [0.25, 0.3) is 20.5 Å². The summed E-state index contributed by atoms with van der Waals surface area (Å²) in [5.74, 6) is -0.953. The lowest BCUT2D eigenvalue weighted by Gasteiger charge is -1.98. The maximum Gasteiger partial charge on any atom is 0.337 e. The molecule has 2 aromatic heterocycles. The summed E-state index contributed by atoms with van der Waals surface area (Å²) in [4.78, 5) is 15.9. The van der Waals surface area contributed by atoms with Crippen LogP contribution in [-0.2, 0) is 0 Å². The SMILES string of the molecule is O=C(O)c1cncc(-c2cc3ccccc3s2)c1. The van der Waals surface area contributed by atoms with Crippen molar-refractivity contribution in [3.8, 4) is 10.4 Å². The van der Waals surface area contributed by atoms with Crippen molar-refractivity contribution < 1.29 is 9.90 Å². The summed E-state index contributed by atoms with van der Waals surface area (Å²) in [5.41, 5.74) is 1.06. The highest BCUT2D eigenvalue weighted by atomic mass is 32.1. The van der Waals surface area contributed by atoms with Crippen molar-refractivity contribution in [3.05, 3.63) is 54.4 Å². The molecule has 0 atom stereocenters. The highest BCUT2D eigenvalue weighted by Crippen LogP contribution is 2.33. The molecule has 0 bridgehead atoms. The summed E-state index contributed by atoms with van der Waals surface area (Å²) in [5, 5.41) is 10.1. The molecule has 18 heavy (non-hydrogen) atoms. The number of thiophene rings is 1. The number of carboxylic acids is 1. The van der Waals surface area contributed by atoms with Gasteiger partial charge < -0.3 is 5.11 Å². The lowest BCUT2D eigenvalue weighted by molar-refractivity contribution is 0.0696. The molecule has 3 aromatic rings. The maximum atomic E-state index is 10.9. The van der Waals surface area contributed by atoms with Gasteiger partial charge in [-0.15, -0.1) is 11.3 Å². The smallest absolute Gasteiger partial charge is 0.337 e. The van der Waals surface area contributed by atoms with E-state index in [0.29, 0.717) is 0 Å². The number of nitrogens with zero attached hydrogens (tertiary/aromatic N) is 1. The van der Waals surface area contributed by atoms with Crippen LogP contribution in [0.5, 0.6) is 0 Å². The maximum absolute atomic E-state index is 10.9. The van der Waals surface area contributed by atoms with E-state index >= 15 is 0 Å². The van der Waals surface area contributed by atoms with E-state index in [1.807, 2.05) is 18.2 Å². The number of carboxylic acid groups (broad SMARTS) is 1. The molecule has 0 saturated heterocycles. The van der Waals surface area contributed by atoms with Gasteiger partial charge in [0.1, 0.15) is 0 Å². The number of fused-ring (bicyclic) bond motifs is 1. The van der Waals surface area contributed by atoms with Crippen molar-refractivity contribution in [2.24, 2.45) is 0 Å². The van der Waals surface area contributed by atoms with Crippen molar-refractivity contribution in [1.29, 1.82) is 0 Å². The van der Waals surface area contributed by atoms with Gasteiger partial charge in [-0.05, 0) is 23.6 Å². The zero-order valence-electron chi connectivity index (χ0n) is 9.33. The second kappa shape index (κ2) is 4.23. The van der Waals surface area contributed by atoms with Gasteiger partial charge in [-0.2, -0.15) is 0 Å². The Kier molecular flexibility index (Phi) is 2.57. The topological polar surface area (TPSA) is 50.2 Å². The van der Waals surface area contributed by atoms with E-state index in [-0.39, 0.29) is 5.56 Å². The van der Waals surface area contributed by atoms with Gasteiger partial charge in [-0.25, -0.2) is 4.79 Å². The van der Waals surface area contributed by atoms with Gasteiger partial charge in [0.25, 0.3) is 0 Å². The summed E-state index contributed by atoms with van der Waals surface area (Å²) in [7, 11) is 0. The van der Waals surface area contributed by atoms with Gasteiger partial charge >= 0.3 is 5.97 Å². The van der Waals surface area contributed by atoms with Crippen LogP contribution in [0.2, 0.25) is 0 Å². The Hall–Kier alpha value is -2.20. The predicted octanol–water partition coefficient (Wildman–Crippen LogP) is 3.66. The highest BCUT2D eigenvalue weighted by molar-refractivity contribution is 7.22. The molecule has 1 aromatic carbocycles. The van der Waals surface area contributed by atoms with Crippen LogP contribution < -0.4 is 0 Å². The normalized spacial score (nSPS) is 10.7. The Morgan fingerprint density at radius 2 is 2.00 bits per heavy atom. The third kappa shape index (κ3) is 1.87. The quantitative estimate of drug-likeness (QED) is 0.760. The van der Waals surface area contributed by atoms with Crippen molar-refractivity contribution in [1.82, 2.24) is 4.98 Å². The fourth-order valence-corrected chi connectivity index (χ4v) is 2.86. The Balaban J connectivity index is 2.13. The first-order valence-corrected chi connectivity index (χ1v) is 6.23. The van der Waals surface area contributed by atoms with Crippen LogP contribution in [0, 0.1) is 0 Å². The third-order valence-corrected chi connectivity index (χ3v) is 3.86. The molecule has 1 N–H and O–H groups in total. The standard InChI is InChI=1S/C14H9NO2S/c16-14(17)11-5-10(7-15-8-11)13-6-9-3-1-2-4-12(9)18-13/h1-8H,(H,16,17). The fraction of sp³-hybridized carbons (Fsp3) is 0. The molecule has 4 heteroatoms. The number of aromatic nitrogens is 1. The largest absolute Gasteiger partial charge is 0.478 e. The van der Waals surface area contributed by atoms with E-state index in [1.165, 1.54) is 16.3 Å². The average Bonchev–Trinajstić information content (AvgIpc) is 2.82. The summed E-state index contributed by atoms with van der Waals surface area (Å²) in [6, 6.07) is 11.8. The van der Waals surface area contributed by atoms with Gasteiger partial charge in [0.05, 0.1) is 5.56 Å². The van der Waals surface area contributed by atoms with Gasteiger partial charge in [0, 0.05) is 27.5 Å². The second-order valence-corrected chi connectivity index (χ2v) is 5.00. The zero-order valence-corrected chi connectivity index (χ0v) is 10.1. The molecular formula is C14H9NO2S. The van der Waals surface area contributed by atoms with Crippen LogP contribution in [0.4, 0.5) is 0 Å². The molecule has 0 radical (unpaired) electrons. The molecule has 0 unspecified atom stereocenters. The predicted molar refractivity (Wildman–Crippen MR) is 72.0 cm³/mol. The Morgan fingerprint density at radius 1 is 1.17 bits per heavy atom. The Bertz CT molecular complexity index is 700. The number of pyridine rings is 1. The molecule has 0 aliphatic heterocycles. The van der Waals surface area contributed by atoms with E-state index in [9.17, 15) is 4.79 Å². The summed E-state index contributed by atoms with van der Waals surface area (Å²) in [6.07, 6.45) is 3.05. The van der Waals surface area contributed by atoms with Crippen molar-refractivity contribution in [2.75, 3.05) is 0 Å². The molecule has 0 saturated carbocycles. The molecule has 0 amide bonds. The molecular weight excluding hydrogens is 246 g/mol. The summed E-state index contributed by atoms with van der Waals surface area (Å²) >= 11 is 1.64. The number of hydrogen-bond donors (Lipinski definition) is 1. The van der Waals surface area contributed by atoms with Crippen LogP contribution in [0.3, 0.4) is 0 Å². The number of rotatable bonds is 2. The van der Waals surface area contributed by atoms with Crippen LogP contribution >= 0.6 is 11.3 Å². The molecule has 2 heterocycles. The monoisotopic (exact) mass is 255 g/mol.